The number of benzene rings is 3. The lowest BCUT2D eigenvalue weighted by molar-refractivity contribution is -0.137. The summed E-state index contributed by atoms with van der Waals surface area (Å²) in [6.45, 7) is 2.16. The Balaban J connectivity index is 1.70. The maximum Gasteiger partial charge on any atom is 0.330 e. The molecule has 0 amide bonds. The first-order chi connectivity index (χ1) is 11.7. The molecule has 3 rings (SSSR count). The Kier molecular flexibility index (Phi) is 4.92. The molecule has 0 saturated heterocycles. The highest BCUT2D eigenvalue weighted by molar-refractivity contribution is 5.87. The van der Waals surface area contributed by atoms with Crippen LogP contribution in [0.5, 0.6) is 11.5 Å². The third kappa shape index (κ3) is 4.02. The van der Waals surface area contributed by atoms with Crippen molar-refractivity contribution in [2.45, 2.75) is 6.92 Å². The number of ether oxygens (including phenoxy) is 2. The van der Waals surface area contributed by atoms with E-state index in [-0.39, 0.29) is 5.97 Å². The highest BCUT2D eigenvalue weighted by Gasteiger charge is 2.00. The maximum absolute atomic E-state index is 11.3. The fourth-order valence-corrected chi connectivity index (χ4v) is 2.37. The molecular weight excluding hydrogens is 300 g/mol. The van der Waals surface area contributed by atoms with Gasteiger partial charge in [-0.05, 0) is 53.6 Å². The summed E-state index contributed by atoms with van der Waals surface area (Å²) in [6.07, 6.45) is 3.14. The second kappa shape index (κ2) is 7.47. The Morgan fingerprint density at radius 1 is 0.917 bits per heavy atom. The Morgan fingerprint density at radius 2 is 1.62 bits per heavy atom. The first-order valence-electron chi connectivity index (χ1n) is 7.86. The van der Waals surface area contributed by atoms with Gasteiger partial charge in [0.25, 0.3) is 0 Å². The van der Waals surface area contributed by atoms with Crippen LogP contribution in [0.15, 0.2) is 72.8 Å². The normalized spacial score (nSPS) is 10.9. The van der Waals surface area contributed by atoms with Crippen molar-refractivity contribution in [1.29, 1.82) is 0 Å². The smallest absolute Gasteiger partial charge is 0.330 e. The van der Waals surface area contributed by atoms with E-state index in [9.17, 15) is 4.79 Å². The number of hydrogen-bond donors (Lipinski definition) is 0. The third-order valence-electron chi connectivity index (χ3n) is 3.54. The molecule has 0 aliphatic carbocycles. The van der Waals surface area contributed by atoms with Crippen molar-refractivity contribution < 1.29 is 14.3 Å². The number of esters is 1. The summed E-state index contributed by atoms with van der Waals surface area (Å²) in [4.78, 5) is 11.3. The van der Waals surface area contributed by atoms with Crippen LogP contribution in [0.1, 0.15) is 12.5 Å². The minimum Gasteiger partial charge on any atom is -0.463 e. The lowest BCUT2D eigenvalue weighted by Gasteiger charge is -2.07. The fourth-order valence-electron chi connectivity index (χ4n) is 2.37. The van der Waals surface area contributed by atoms with E-state index < -0.39 is 0 Å². The molecule has 0 spiro atoms. The van der Waals surface area contributed by atoms with E-state index in [0.29, 0.717) is 6.61 Å². The zero-order valence-electron chi connectivity index (χ0n) is 13.4. The van der Waals surface area contributed by atoms with E-state index in [2.05, 4.69) is 12.1 Å². The predicted octanol–water partition coefficient (Wildman–Crippen LogP) is 5.21. The van der Waals surface area contributed by atoms with Gasteiger partial charge in [-0.1, -0.05) is 42.5 Å². The Labute approximate surface area is 141 Å². The van der Waals surface area contributed by atoms with Crippen molar-refractivity contribution in [3.8, 4) is 11.5 Å². The maximum atomic E-state index is 11.3. The number of carbonyl (C=O) groups excluding carboxylic acids is 1. The lowest BCUT2D eigenvalue weighted by Crippen LogP contribution is -1.98. The van der Waals surface area contributed by atoms with E-state index in [1.165, 1.54) is 11.5 Å². The fraction of sp³-hybridized carbons (Fsp3) is 0.0952. The molecule has 0 fully saturated rings. The topological polar surface area (TPSA) is 35.5 Å². The van der Waals surface area contributed by atoms with Crippen LogP contribution in [-0.2, 0) is 9.53 Å². The van der Waals surface area contributed by atoms with E-state index in [1.807, 2.05) is 54.6 Å². The van der Waals surface area contributed by atoms with Crippen molar-refractivity contribution >= 4 is 22.8 Å². The van der Waals surface area contributed by atoms with Gasteiger partial charge in [0.05, 0.1) is 6.61 Å². The largest absolute Gasteiger partial charge is 0.463 e. The summed E-state index contributed by atoms with van der Waals surface area (Å²) in [5, 5.41) is 2.33. The van der Waals surface area contributed by atoms with Crippen LogP contribution < -0.4 is 4.74 Å². The van der Waals surface area contributed by atoms with Crippen LogP contribution in [0.2, 0.25) is 0 Å². The van der Waals surface area contributed by atoms with E-state index in [4.69, 9.17) is 9.47 Å². The summed E-state index contributed by atoms with van der Waals surface area (Å²) in [5.41, 5.74) is 0.911. The van der Waals surface area contributed by atoms with Crippen LogP contribution in [0, 0.1) is 0 Å². The van der Waals surface area contributed by atoms with E-state index >= 15 is 0 Å². The number of carbonyl (C=O) groups is 1. The molecule has 3 aromatic rings. The quantitative estimate of drug-likeness (QED) is 0.478. The highest BCUT2D eigenvalue weighted by Crippen LogP contribution is 2.26. The predicted molar refractivity (Wildman–Crippen MR) is 96.1 cm³/mol. The molecule has 0 bridgehead atoms. The van der Waals surface area contributed by atoms with Crippen molar-refractivity contribution in [2.75, 3.05) is 6.61 Å². The first-order valence-corrected chi connectivity index (χ1v) is 7.86. The zero-order valence-corrected chi connectivity index (χ0v) is 13.4. The Bertz CT molecular complexity index is 864. The molecule has 0 N–H and O–H groups in total. The standard InChI is InChI=1S/C21H18O3/c1-2-23-21(22)14-9-16-7-11-19(12-8-16)24-20-13-10-17-5-3-4-6-18(17)15-20/h3-15H,2H2,1H3/b14-9+. The first kappa shape index (κ1) is 15.8. The SMILES string of the molecule is CCOC(=O)/C=C/c1ccc(Oc2ccc3ccccc3c2)cc1. The molecule has 3 aromatic carbocycles. The molecule has 0 aromatic heterocycles. The van der Waals surface area contributed by atoms with Gasteiger partial charge in [0.2, 0.25) is 0 Å². The Hall–Kier alpha value is -3.07. The van der Waals surface area contributed by atoms with Crippen molar-refractivity contribution in [3.05, 3.63) is 78.4 Å². The molecule has 24 heavy (non-hydrogen) atoms. The van der Waals surface area contributed by atoms with Crippen molar-refractivity contribution in [1.82, 2.24) is 0 Å². The average molecular weight is 318 g/mol. The van der Waals surface area contributed by atoms with Crippen LogP contribution in [0.3, 0.4) is 0 Å². The van der Waals surface area contributed by atoms with Gasteiger partial charge in [-0.3, -0.25) is 0 Å². The summed E-state index contributed by atoms with van der Waals surface area (Å²) in [7, 11) is 0. The van der Waals surface area contributed by atoms with Gasteiger partial charge in [0, 0.05) is 6.08 Å². The van der Waals surface area contributed by atoms with E-state index in [1.54, 1.807) is 13.0 Å². The summed E-state index contributed by atoms with van der Waals surface area (Å²) >= 11 is 0. The van der Waals surface area contributed by atoms with Gasteiger partial charge in [-0.25, -0.2) is 4.79 Å². The van der Waals surface area contributed by atoms with Gasteiger partial charge >= 0.3 is 5.97 Å². The molecule has 0 aliphatic heterocycles. The molecule has 0 radical (unpaired) electrons. The number of fused-ring (bicyclic) bond motifs is 1. The number of rotatable bonds is 5. The minimum absolute atomic E-state index is 0.339. The van der Waals surface area contributed by atoms with Crippen molar-refractivity contribution in [3.63, 3.8) is 0 Å². The molecule has 0 saturated carbocycles. The third-order valence-corrected chi connectivity index (χ3v) is 3.54. The van der Waals surface area contributed by atoms with Crippen LogP contribution in [-0.4, -0.2) is 12.6 Å². The van der Waals surface area contributed by atoms with Gasteiger partial charge in [0.1, 0.15) is 11.5 Å². The summed E-state index contributed by atoms with van der Waals surface area (Å²) in [5.74, 6) is 1.20. The molecule has 0 atom stereocenters. The Morgan fingerprint density at radius 3 is 2.38 bits per heavy atom. The molecule has 0 unspecified atom stereocenters. The molecule has 0 aliphatic rings. The second-order valence-corrected chi connectivity index (χ2v) is 5.27. The number of hydrogen-bond acceptors (Lipinski definition) is 3. The molecule has 3 nitrogen and oxygen atoms in total. The molecule has 3 heteroatoms. The van der Waals surface area contributed by atoms with Crippen LogP contribution in [0.25, 0.3) is 16.8 Å². The van der Waals surface area contributed by atoms with Gasteiger partial charge in [0.15, 0.2) is 0 Å². The van der Waals surface area contributed by atoms with Gasteiger partial charge in [-0.2, -0.15) is 0 Å². The average Bonchev–Trinajstić information content (AvgIpc) is 2.61. The van der Waals surface area contributed by atoms with Crippen LogP contribution in [0.4, 0.5) is 0 Å². The summed E-state index contributed by atoms with van der Waals surface area (Å²) in [6, 6.07) is 21.7. The van der Waals surface area contributed by atoms with Crippen molar-refractivity contribution in [2.24, 2.45) is 0 Å². The van der Waals surface area contributed by atoms with Gasteiger partial charge in [-0.15, -0.1) is 0 Å². The molecule has 0 heterocycles. The summed E-state index contributed by atoms with van der Waals surface area (Å²) < 4.78 is 10.7. The monoisotopic (exact) mass is 318 g/mol. The van der Waals surface area contributed by atoms with Gasteiger partial charge < -0.3 is 9.47 Å². The minimum atomic E-state index is -0.339. The van der Waals surface area contributed by atoms with E-state index in [0.717, 1.165) is 22.4 Å². The van der Waals surface area contributed by atoms with Crippen LogP contribution >= 0.6 is 0 Å². The lowest BCUT2D eigenvalue weighted by atomic mass is 10.1. The highest BCUT2D eigenvalue weighted by atomic mass is 16.5. The zero-order chi connectivity index (χ0) is 16.8. The second-order valence-electron chi connectivity index (χ2n) is 5.27. The molecule has 120 valence electrons. The molecular formula is C21H18O3.